The predicted octanol–water partition coefficient (Wildman–Crippen LogP) is 3.72. The van der Waals surface area contributed by atoms with Gasteiger partial charge in [0.2, 0.25) is 11.7 Å². The lowest BCUT2D eigenvalue weighted by Crippen LogP contribution is -2.29. The third kappa shape index (κ3) is 7.16. The van der Waals surface area contributed by atoms with E-state index in [0.29, 0.717) is 36.3 Å². The van der Waals surface area contributed by atoms with E-state index in [4.69, 9.17) is 14.5 Å². The largest absolute Gasteiger partial charge is 0.503 e. The van der Waals surface area contributed by atoms with Crippen LogP contribution in [0.15, 0.2) is 54.6 Å². The quantitative estimate of drug-likeness (QED) is 0.0856. The molecule has 224 valence electrons. The zero-order chi connectivity index (χ0) is 30.2. The lowest BCUT2D eigenvalue weighted by molar-refractivity contribution is 0.0953. The number of aromatic hydroxyl groups is 2. The second-order valence-electron chi connectivity index (χ2n) is 10.2. The normalized spacial score (nSPS) is 11.4. The molecule has 2 aromatic heterocycles. The molecule has 0 bridgehead atoms. The third-order valence-electron chi connectivity index (χ3n) is 7.00. The zero-order valence-electron chi connectivity index (χ0n) is 24.2. The van der Waals surface area contributed by atoms with Crippen LogP contribution >= 0.6 is 0 Å². The van der Waals surface area contributed by atoms with Crippen LogP contribution in [0.3, 0.4) is 0 Å². The SMILES string of the molecule is COCCOc1cc2nnc(NCCCN(C)CCCNC(=O)c3cccc4cc5ccccc5nc34)nc2c(O)c1O. The highest BCUT2D eigenvalue weighted by molar-refractivity contribution is 6.07. The number of anilines is 1. The first-order valence-corrected chi connectivity index (χ1v) is 14.1. The van der Waals surface area contributed by atoms with E-state index >= 15 is 0 Å². The molecule has 0 saturated carbocycles. The van der Waals surface area contributed by atoms with Crippen LogP contribution in [0.4, 0.5) is 5.95 Å². The van der Waals surface area contributed by atoms with Gasteiger partial charge in [-0.3, -0.25) is 4.79 Å². The minimum atomic E-state index is -0.417. The summed E-state index contributed by atoms with van der Waals surface area (Å²) in [6.45, 7) is 3.31. The molecule has 5 rings (SSSR count). The number of phenols is 2. The third-order valence-corrected chi connectivity index (χ3v) is 7.00. The van der Waals surface area contributed by atoms with Crippen LogP contribution in [-0.4, -0.2) is 94.7 Å². The molecule has 1 amide bonds. The summed E-state index contributed by atoms with van der Waals surface area (Å²) >= 11 is 0. The minimum Gasteiger partial charge on any atom is -0.503 e. The van der Waals surface area contributed by atoms with Crippen LogP contribution in [0.5, 0.6) is 17.2 Å². The molecule has 0 spiro atoms. The van der Waals surface area contributed by atoms with E-state index in [2.05, 4.69) is 36.8 Å². The summed E-state index contributed by atoms with van der Waals surface area (Å²) in [6.07, 6.45) is 1.61. The Kier molecular flexibility index (Phi) is 9.59. The van der Waals surface area contributed by atoms with Gasteiger partial charge in [0, 0.05) is 37.0 Å². The van der Waals surface area contributed by atoms with Gasteiger partial charge in [-0.05, 0) is 51.2 Å². The first kappa shape index (κ1) is 29.7. The van der Waals surface area contributed by atoms with E-state index < -0.39 is 11.5 Å². The molecule has 2 heterocycles. The topological polar surface area (TPSA) is 155 Å². The molecule has 43 heavy (non-hydrogen) atoms. The van der Waals surface area contributed by atoms with Gasteiger partial charge in [0.15, 0.2) is 11.5 Å². The average molecular weight is 586 g/mol. The minimum absolute atomic E-state index is 0.0840. The number of hydrogen-bond acceptors (Lipinski definition) is 11. The van der Waals surface area contributed by atoms with Crippen molar-refractivity contribution in [3.63, 3.8) is 0 Å². The second kappa shape index (κ2) is 13.9. The number of nitrogens with zero attached hydrogens (tertiary/aromatic N) is 5. The molecule has 0 fully saturated rings. The molecule has 0 saturated heterocycles. The Labute approximate surface area is 248 Å². The fourth-order valence-electron chi connectivity index (χ4n) is 4.74. The number of para-hydroxylation sites is 2. The van der Waals surface area contributed by atoms with Crippen LogP contribution in [0.2, 0.25) is 0 Å². The number of rotatable bonds is 14. The fourth-order valence-corrected chi connectivity index (χ4v) is 4.74. The van der Waals surface area contributed by atoms with E-state index in [1.165, 1.54) is 6.07 Å². The number of methoxy groups -OCH3 is 1. The highest BCUT2D eigenvalue weighted by Gasteiger charge is 2.17. The summed E-state index contributed by atoms with van der Waals surface area (Å²) in [5, 5.41) is 36.9. The van der Waals surface area contributed by atoms with Crippen molar-refractivity contribution in [1.82, 2.24) is 30.4 Å². The van der Waals surface area contributed by atoms with Gasteiger partial charge in [-0.15, -0.1) is 10.2 Å². The van der Waals surface area contributed by atoms with Crippen molar-refractivity contribution in [2.75, 3.05) is 58.9 Å². The number of benzene rings is 3. The smallest absolute Gasteiger partial charge is 0.253 e. The molecular weight excluding hydrogens is 550 g/mol. The molecular formula is C31H35N7O5. The first-order chi connectivity index (χ1) is 20.9. The number of hydrogen-bond donors (Lipinski definition) is 4. The summed E-state index contributed by atoms with van der Waals surface area (Å²) in [4.78, 5) is 24.2. The van der Waals surface area contributed by atoms with E-state index in [9.17, 15) is 15.0 Å². The van der Waals surface area contributed by atoms with Crippen molar-refractivity contribution in [2.24, 2.45) is 0 Å². The summed E-state index contributed by atoms with van der Waals surface area (Å²) < 4.78 is 10.4. The average Bonchev–Trinajstić information content (AvgIpc) is 3.02. The maximum Gasteiger partial charge on any atom is 0.253 e. The van der Waals surface area contributed by atoms with Crippen LogP contribution in [0, 0.1) is 0 Å². The molecule has 12 nitrogen and oxygen atoms in total. The zero-order valence-corrected chi connectivity index (χ0v) is 24.2. The Hall–Kier alpha value is -4.81. The Morgan fingerprint density at radius 1 is 0.860 bits per heavy atom. The molecule has 0 radical (unpaired) electrons. The van der Waals surface area contributed by atoms with Crippen LogP contribution in [0.25, 0.3) is 32.8 Å². The Balaban J connectivity index is 1.05. The van der Waals surface area contributed by atoms with Gasteiger partial charge >= 0.3 is 0 Å². The lowest BCUT2D eigenvalue weighted by atomic mass is 10.1. The van der Waals surface area contributed by atoms with Crippen molar-refractivity contribution in [3.8, 4) is 17.2 Å². The number of pyridine rings is 1. The number of carbonyl (C=O) groups excluding carboxylic acids is 1. The van der Waals surface area contributed by atoms with Gasteiger partial charge in [0.05, 0.1) is 23.2 Å². The number of aromatic nitrogens is 4. The van der Waals surface area contributed by atoms with E-state index in [1.54, 1.807) is 7.11 Å². The number of amides is 1. The summed E-state index contributed by atoms with van der Waals surface area (Å²) in [7, 11) is 3.57. The maximum absolute atomic E-state index is 12.9. The monoisotopic (exact) mass is 585 g/mol. The van der Waals surface area contributed by atoms with Crippen LogP contribution < -0.4 is 15.4 Å². The van der Waals surface area contributed by atoms with E-state index in [1.807, 2.05) is 49.5 Å². The van der Waals surface area contributed by atoms with Crippen LogP contribution in [0.1, 0.15) is 23.2 Å². The number of carbonyl (C=O) groups is 1. The van der Waals surface area contributed by atoms with Gasteiger partial charge in [0.1, 0.15) is 17.6 Å². The standard InChI is InChI=1S/C31H35N7O5/c1-38(14-6-12-32-30(41)22-10-5-9-21-18-20-8-3-4-11-23(20)34-26(21)22)15-7-13-33-31-35-27-24(36-37-31)19-25(28(39)29(27)40)43-17-16-42-2/h3-5,8-11,18-19,39-40H,6-7,12-17H2,1-2H3,(H,32,41)(H,33,35,37). The van der Waals surface area contributed by atoms with Crippen molar-refractivity contribution in [3.05, 3.63) is 60.2 Å². The highest BCUT2D eigenvalue weighted by Crippen LogP contribution is 2.40. The molecule has 0 unspecified atom stereocenters. The first-order valence-electron chi connectivity index (χ1n) is 14.1. The second-order valence-corrected chi connectivity index (χ2v) is 10.2. The Morgan fingerprint density at radius 2 is 1.65 bits per heavy atom. The fraction of sp³-hybridized carbons (Fsp3) is 0.323. The molecule has 3 aromatic carbocycles. The van der Waals surface area contributed by atoms with Crippen LogP contribution in [-0.2, 0) is 4.74 Å². The van der Waals surface area contributed by atoms with Crippen molar-refractivity contribution >= 4 is 44.7 Å². The molecule has 0 aliphatic rings. The van der Waals surface area contributed by atoms with Gasteiger partial charge in [-0.1, -0.05) is 30.3 Å². The number of fused-ring (bicyclic) bond motifs is 3. The highest BCUT2D eigenvalue weighted by atomic mass is 16.5. The predicted molar refractivity (Wildman–Crippen MR) is 165 cm³/mol. The maximum atomic E-state index is 12.9. The summed E-state index contributed by atoms with van der Waals surface area (Å²) in [5.74, 6) is -0.620. The van der Waals surface area contributed by atoms with E-state index in [-0.39, 0.29) is 29.7 Å². The van der Waals surface area contributed by atoms with E-state index in [0.717, 1.165) is 42.2 Å². The van der Waals surface area contributed by atoms with Gasteiger partial charge in [-0.25, -0.2) is 9.97 Å². The van der Waals surface area contributed by atoms with Crippen molar-refractivity contribution in [1.29, 1.82) is 0 Å². The summed E-state index contributed by atoms with van der Waals surface area (Å²) in [6, 6.07) is 17.1. The van der Waals surface area contributed by atoms with Crippen molar-refractivity contribution < 1.29 is 24.5 Å². The molecule has 0 aliphatic heterocycles. The van der Waals surface area contributed by atoms with Crippen molar-refractivity contribution in [2.45, 2.75) is 12.8 Å². The number of ether oxygens (including phenoxy) is 2. The number of phenolic OH excluding ortho intramolecular Hbond substituents is 2. The molecule has 4 N–H and O–H groups in total. The number of nitrogens with one attached hydrogen (secondary N) is 2. The lowest BCUT2D eigenvalue weighted by Gasteiger charge is -2.17. The van der Waals surface area contributed by atoms with Gasteiger partial charge in [-0.2, -0.15) is 0 Å². The van der Waals surface area contributed by atoms with Gasteiger partial charge in [0.25, 0.3) is 5.91 Å². The Bertz CT molecular complexity index is 1730. The molecule has 12 heteroatoms. The molecule has 0 atom stereocenters. The summed E-state index contributed by atoms with van der Waals surface area (Å²) in [5.41, 5.74) is 2.57. The molecule has 5 aromatic rings. The molecule has 0 aliphatic carbocycles. The Morgan fingerprint density at radius 3 is 2.49 bits per heavy atom. The van der Waals surface area contributed by atoms with Gasteiger partial charge < -0.3 is 35.2 Å².